The highest BCUT2D eigenvalue weighted by Gasteiger charge is 2.26. The third kappa shape index (κ3) is 3.31. The molecule has 0 bridgehead atoms. The maximum Gasteiger partial charge on any atom is 0.288 e. The van der Waals surface area contributed by atoms with Gasteiger partial charge in [0.1, 0.15) is 22.9 Å². The van der Waals surface area contributed by atoms with Gasteiger partial charge >= 0.3 is 0 Å². The highest BCUT2D eigenvalue weighted by atomic mass is 35.5. The predicted octanol–water partition coefficient (Wildman–Crippen LogP) is 0.830. The second-order valence-electron chi connectivity index (χ2n) is 3.94. The average Bonchev–Trinajstić information content (AvgIpc) is 2.25. The van der Waals surface area contributed by atoms with E-state index in [1.54, 1.807) is 0 Å². The van der Waals surface area contributed by atoms with Crippen molar-refractivity contribution in [3.8, 4) is 5.75 Å². The Morgan fingerprint density at radius 1 is 1.61 bits per heavy atom. The fraction of sp³-hybridized carbons (Fsp3) is 0.300. The van der Waals surface area contributed by atoms with E-state index in [-0.39, 0.29) is 23.1 Å². The van der Waals surface area contributed by atoms with Gasteiger partial charge in [0.15, 0.2) is 0 Å². The first-order valence-electron chi connectivity index (χ1n) is 4.89. The normalized spacial score (nSPS) is 13.7. The largest absolute Gasteiger partial charge is 0.491 e. The Balaban J connectivity index is 2.79. The van der Waals surface area contributed by atoms with E-state index in [1.807, 2.05) is 0 Å². The molecule has 0 saturated carbocycles. The Hall–Kier alpha value is -1.86. The third-order valence-corrected chi connectivity index (χ3v) is 2.52. The van der Waals surface area contributed by atoms with Crippen molar-refractivity contribution in [2.45, 2.75) is 12.5 Å². The van der Waals surface area contributed by atoms with Gasteiger partial charge < -0.3 is 16.2 Å². The van der Waals surface area contributed by atoms with Crippen LogP contribution in [0.15, 0.2) is 18.2 Å². The van der Waals surface area contributed by atoms with Crippen LogP contribution in [0.25, 0.3) is 0 Å². The molecule has 4 N–H and O–H groups in total. The van der Waals surface area contributed by atoms with Crippen LogP contribution in [0.3, 0.4) is 0 Å². The summed E-state index contributed by atoms with van der Waals surface area (Å²) in [5.74, 6) is -0.445. The summed E-state index contributed by atoms with van der Waals surface area (Å²) in [6.07, 6.45) is 0. The number of carbonyl (C=O) groups is 1. The van der Waals surface area contributed by atoms with E-state index >= 15 is 0 Å². The summed E-state index contributed by atoms with van der Waals surface area (Å²) in [7, 11) is 0. The second-order valence-corrected chi connectivity index (χ2v) is 4.35. The number of nitrogens with zero attached hydrogens (tertiary/aromatic N) is 1. The van der Waals surface area contributed by atoms with Gasteiger partial charge in [-0.05, 0) is 13.0 Å². The molecule has 1 amide bonds. The van der Waals surface area contributed by atoms with Crippen LogP contribution in [0, 0.1) is 10.1 Å². The van der Waals surface area contributed by atoms with Crippen molar-refractivity contribution >= 4 is 23.2 Å². The van der Waals surface area contributed by atoms with E-state index in [0.29, 0.717) is 0 Å². The lowest BCUT2D eigenvalue weighted by atomic mass is 10.1. The van der Waals surface area contributed by atoms with Crippen molar-refractivity contribution in [1.82, 2.24) is 0 Å². The molecular weight excluding hydrogens is 262 g/mol. The van der Waals surface area contributed by atoms with Gasteiger partial charge in [0, 0.05) is 12.1 Å². The maximum absolute atomic E-state index is 11.0. The van der Waals surface area contributed by atoms with E-state index in [9.17, 15) is 14.9 Å². The van der Waals surface area contributed by atoms with Crippen LogP contribution in [0.1, 0.15) is 6.92 Å². The molecule has 1 unspecified atom stereocenters. The summed E-state index contributed by atoms with van der Waals surface area (Å²) in [6, 6.07) is 3.84. The molecule has 0 aromatic heterocycles. The maximum atomic E-state index is 11.0. The number of ether oxygens (including phenoxy) is 1. The first-order chi connectivity index (χ1) is 8.24. The Morgan fingerprint density at radius 2 is 2.22 bits per heavy atom. The number of nitro benzene ring substituents is 1. The van der Waals surface area contributed by atoms with Crippen molar-refractivity contribution in [2.75, 3.05) is 6.61 Å². The van der Waals surface area contributed by atoms with Crippen molar-refractivity contribution in [1.29, 1.82) is 0 Å². The van der Waals surface area contributed by atoms with E-state index < -0.39 is 16.4 Å². The van der Waals surface area contributed by atoms with Crippen molar-refractivity contribution < 1.29 is 14.5 Å². The molecule has 98 valence electrons. The summed E-state index contributed by atoms with van der Waals surface area (Å²) < 4.78 is 5.21. The van der Waals surface area contributed by atoms with Gasteiger partial charge in [-0.25, -0.2) is 0 Å². The zero-order valence-electron chi connectivity index (χ0n) is 9.55. The minimum atomic E-state index is -1.33. The number of nitrogens with two attached hydrogens (primary N) is 2. The number of benzene rings is 1. The molecule has 0 heterocycles. The van der Waals surface area contributed by atoms with Gasteiger partial charge in [-0.3, -0.25) is 14.9 Å². The van der Waals surface area contributed by atoms with E-state index in [1.165, 1.54) is 25.1 Å². The lowest BCUT2D eigenvalue weighted by molar-refractivity contribution is -0.384. The molecule has 7 nitrogen and oxygen atoms in total. The fourth-order valence-corrected chi connectivity index (χ4v) is 1.27. The number of amides is 1. The van der Waals surface area contributed by atoms with Crippen LogP contribution in [0.5, 0.6) is 5.75 Å². The molecule has 1 aromatic rings. The van der Waals surface area contributed by atoms with Crippen LogP contribution in [0.4, 0.5) is 5.69 Å². The third-order valence-electron chi connectivity index (χ3n) is 2.22. The van der Waals surface area contributed by atoms with Gasteiger partial charge in [-0.15, -0.1) is 0 Å². The lowest BCUT2D eigenvalue weighted by Crippen LogP contribution is -2.53. The van der Waals surface area contributed by atoms with Crippen molar-refractivity contribution in [3.05, 3.63) is 33.3 Å². The van der Waals surface area contributed by atoms with Crippen LogP contribution in [-0.4, -0.2) is 23.0 Å². The SMILES string of the molecule is CC(N)(COc1ccc([N+](=O)[O-])c(Cl)c1)C(N)=O. The summed E-state index contributed by atoms with van der Waals surface area (Å²) in [5.41, 5.74) is 9.10. The molecular formula is C10H12ClN3O4. The minimum absolute atomic E-state index is 0.0599. The number of carbonyl (C=O) groups excluding carboxylic acids is 1. The number of halogens is 1. The molecule has 0 aliphatic carbocycles. The molecule has 0 fully saturated rings. The molecule has 1 rings (SSSR count). The Morgan fingerprint density at radius 3 is 2.67 bits per heavy atom. The quantitative estimate of drug-likeness (QED) is 0.608. The van der Waals surface area contributed by atoms with Crippen LogP contribution >= 0.6 is 11.6 Å². The zero-order valence-corrected chi connectivity index (χ0v) is 10.3. The first-order valence-corrected chi connectivity index (χ1v) is 5.27. The molecule has 0 aliphatic rings. The Labute approximate surface area is 108 Å². The molecule has 0 aliphatic heterocycles. The summed E-state index contributed by atoms with van der Waals surface area (Å²) in [4.78, 5) is 20.9. The Kier molecular flexibility index (Phi) is 4.10. The van der Waals surface area contributed by atoms with E-state index in [4.69, 9.17) is 27.8 Å². The molecule has 1 aromatic carbocycles. The zero-order chi connectivity index (χ0) is 13.9. The highest BCUT2D eigenvalue weighted by molar-refractivity contribution is 6.32. The van der Waals surface area contributed by atoms with Gasteiger partial charge in [-0.1, -0.05) is 11.6 Å². The Bertz CT molecular complexity index is 490. The van der Waals surface area contributed by atoms with Gasteiger partial charge in [0.25, 0.3) is 5.69 Å². The molecule has 8 heteroatoms. The topological polar surface area (TPSA) is 121 Å². The smallest absolute Gasteiger partial charge is 0.288 e. The summed E-state index contributed by atoms with van der Waals surface area (Å²) >= 11 is 5.69. The monoisotopic (exact) mass is 273 g/mol. The van der Waals surface area contributed by atoms with Crippen LogP contribution in [0.2, 0.25) is 5.02 Å². The van der Waals surface area contributed by atoms with Crippen molar-refractivity contribution in [2.24, 2.45) is 11.5 Å². The van der Waals surface area contributed by atoms with Crippen molar-refractivity contribution in [3.63, 3.8) is 0 Å². The highest BCUT2D eigenvalue weighted by Crippen LogP contribution is 2.28. The average molecular weight is 274 g/mol. The molecule has 18 heavy (non-hydrogen) atoms. The second kappa shape index (κ2) is 5.19. The number of hydrogen-bond acceptors (Lipinski definition) is 5. The number of primary amides is 1. The number of rotatable bonds is 5. The minimum Gasteiger partial charge on any atom is -0.491 e. The van der Waals surface area contributed by atoms with Gasteiger partial charge in [-0.2, -0.15) is 0 Å². The fourth-order valence-electron chi connectivity index (χ4n) is 1.03. The number of hydrogen-bond donors (Lipinski definition) is 2. The van der Waals surface area contributed by atoms with Crippen LogP contribution < -0.4 is 16.2 Å². The van der Waals surface area contributed by atoms with E-state index in [0.717, 1.165) is 0 Å². The van der Waals surface area contributed by atoms with E-state index in [2.05, 4.69) is 0 Å². The predicted molar refractivity (Wildman–Crippen MR) is 65.4 cm³/mol. The van der Waals surface area contributed by atoms with Gasteiger partial charge in [0.05, 0.1) is 4.92 Å². The summed E-state index contributed by atoms with van der Waals surface area (Å²) in [5, 5.41) is 10.5. The molecule has 0 spiro atoms. The molecule has 1 atom stereocenters. The number of nitro groups is 1. The lowest BCUT2D eigenvalue weighted by Gasteiger charge is -2.20. The summed E-state index contributed by atoms with van der Waals surface area (Å²) in [6.45, 7) is 1.26. The van der Waals surface area contributed by atoms with Crippen LogP contribution in [-0.2, 0) is 4.79 Å². The molecule has 0 radical (unpaired) electrons. The standard InChI is InChI=1S/C10H12ClN3O4/c1-10(13,9(12)15)5-18-6-2-3-8(14(16)17)7(11)4-6/h2-4H,5,13H2,1H3,(H2,12,15). The first kappa shape index (κ1) is 14.2. The molecule has 0 saturated heterocycles. The van der Waals surface area contributed by atoms with Gasteiger partial charge in [0.2, 0.25) is 5.91 Å².